The van der Waals surface area contributed by atoms with Crippen molar-refractivity contribution in [2.45, 2.75) is 77.5 Å². The first-order valence-corrected chi connectivity index (χ1v) is 13.8. The first kappa shape index (κ1) is 28.9. The van der Waals surface area contributed by atoms with Crippen molar-refractivity contribution >= 4 is 24.3 Å². The minimum Gasteiger partial charge on any atom is -0.610 e. The summed E-state index contributed by atoms with van der Waals surface area (Å²) in [5.74, 6) is -1.42. The van der Waals surface area contributed by atoms with Crippen LogP contribution in [0.4, 0.5) is 0 Å². The molecule has 0 radical (unpaired) electrons. The number of amides is 1. The molecule has 10 heteroatoms. The van der Waals surface area contributed by atoms with Crippen molar-refractivity contribution in [3.8, 4) is 11.3 Å². The fourth-order valence-corrected chi connectivity index (χ4v) is 6.38. The smallest absolute Gasteiger partial charge is 0.531 e. The van der Waals surface area contributed by atoms with Gasteiger partial charge in [-0.1, -0.05) is 56.7 Å². The van der Waals surface area contributed by atoms with Crippen molar-refractivity contribution in [2.75, 3.05) is 13.7 Å². The minimum atomic E-state index is -2.17. The monoisotopic (exact) mass is 537 g/mol. The molecule has 9 nitrogen and oxygen atoms in total. The Morgan fingerprint density at radius 3 is 2.46 bits per heavy atom. The summed E-state index contributed by atoms with van der Waals surface area (Å²) in [4.78, 5) is 44.2. The maximum Gasteiger partial charge on any atom is 0.531 e. The van der Waals surface area contributed by atoms with Crippen LogP contribution >= 0.6 is 0 Å². The molecule has 2 unspecified atom stereocenters. The number of Topliss-reactive ketones (excluding diaryl/α,β-unsaturated/α-hetero) is 1. The predicted octanol–water partition coefficient (Wildman–Crippen LogP) is 3.35. The molecule has 2 aliphatic heterocycles. The summed E-state index contributed by atoms with van der Waals surface area (Å²) < 4.78 is 12.6. The molecule has 1 aromatic carbocycles. The van der Waals surface area contributed by atoms with Gasteiger partial charge in [0.2, 0.25) is 0 Å². The summed E-state index contributed by atoms with van der Waals surface area (Å²) in [6.45, 7) is 7.71. The molecule has 2 N–H and O–H groups in total. The highest BCUT2D eigenvalue weighted by Gasteiger charge is 2.70. The van der Waals surface area contributed by atoms with Crippen molar-refractivity contribution in [1.29, 1.82) is 0 Å². The molecule has 4 rings (SSSR count). The number of nitrogens with zero attached hydrogens (tertiary/aromatic N) is 2. The molecule has 2 aliphatic rings. The molecule has 1 aromatic heterocycles. The number of rotatable bonds is 10. The number of pyridine rings is 1. The molecule has 210 valence electrons. The summed E-state index contributed by atoms with van der Waals surface area (Å²) in [5, 5.41) is 13.3. The Morgan fingerprint density at radius 1 is 1.13 bits per heavy atom. The van der Waals surface area contributed by atoms with Crippen LogP contribution < -0.4 is 5.32 Å². The maximum atomic E-state index is 13.7. The number of aliphatic hydroxyl groups excluding tert-OH is 1. The van der Waals surface area contributed by atoms with Gasteiger partial charge in [0, 0.05) is 12.6 Å². The van der Waals surface area contributed by atoms with Crippen molar-refractivity contribution in [1.82, 2.24) is 10.3 Å². The zero-order valence-electron chi connectivity index (χ0n) is 23.7. The number of ketones is 1. The van der Waals surface area contributed by atoms with Crippen LogP contribution in [0.1, 0.15) is 57.9 Å². The number of quaternary nitrogens is 1. The van der Waals surface area contributed by atoms with E-state index in [-0.39, 0.29) is 35.8 Å². The second-order valence-corrected chi connectivity index (χ2v) is 11.8. The van der Waals surface area contributed by atoms with Crippen LogP contribution in [-0.2, 0) is 18.9 Å². The molecule has 0 bridgehead atoms. The highest BCUT2D eigenvalue weighted by atomic mass is 16.7. The van der Waals surface area contributed by atoms with Gasteiger partial charge in [0.1, 0.15) is 17.8 Å². The minimum absolute atomic E-state index is 0.00787. The third kappa shape index (κ3) is 5.25. The van der Waals surface area contributed by atoms with Crippen LogP contribution in [0, 0.1) is 5.92 Å². The quantitative estimate of drug-likeness (QED) is 0.447. The van der Waals surface area contributed by atoms with Crippen LogP contribution in [0.2, 0.25) is 5.82 Å². The predicted molar refractivity (Wildman–Crippen MR) is 148 cm³/mol. The van der Waals surface area contributed by atoms with Crippen LogP contribution in [0.25, 0.3) is 11.3 Å². The Morgan fingerprint density at radius 2 is 1.82 bits per heavy atom. The lowest BCUT2D eigenvalue weighted by molar-refractivity contribution is -0.844. The Balaban J connectivity index is 1.57. The van der Waals surface area contributed by atoms with Crippen molar-refractivity contribution in [2.24, 2.45) is 5.92 Å². The number of hydrogen-bond acceptors (Lipinski definition) is 7. The lowest BCUT2D eigenvalue weighted by Crippen LogP contribution is -2.68. The van der Waals surface area contributed by atoms with Crippen molar-refractivity contribution in [3.63, 3.8) is 0 Å². The molecule has 2 fully saturated rings. The van der Waals surface area contributed by atoms with Gasteiger partial charge in [-0.2, -0.15) is 0 Å². The van der Waals surface area contributed by atoms with E-state index in [1.165, 1.54) is 6.92 Å². The lowest BCUT2D eigenvalue weighted by atomic mass is 9.51. The van der Waals surface area contributed by atoms with Gasteiger partial charge >= 0.3 is 12.7 Å². The van der Waals surface area contributed by atoms with Gasteiger partial charge in [-0.05, 0) is 51.1 Å². The van der Waals surface area contributed by atoms with E-state index >= 15 is 0 Å². The van der Waals surface area contributed by atoms with Gasteiger partial charge < -0.3 is 24.1 Å². The Kier molecular flexibility index (Phi) is 8.30. The largest absolute Gasteiger partial charge is 0.610 e. The van der Waals surface area contributed by atoms with E-state index in [0.717, 1.165) is 5.56 Å². The van der Waals surface area contributed by atoms with Gasteiger partial charge in [0.15, 0.2) is 5.78 Å². The standard InChI is InChI=1S/C29H40BN3O6/c1-18(2)15-23(30-33(6,19(3)17-38-30)20(4)29(37)39-30)16-26(35)27(21(5)34)32-28(36)25-14-10-13-24(31-25)22-11-8-7-9-12-22/h7-14,18-21,23,27,34H,15-17H2,1-6H3,(H,32,36)/t19-,20-,21+,23+,27-,30?,33?/m0/s1. The number of nitrogens with one attached hydrogen (secondary N) is 1. The molecular formula is C29H40BN3O6. The van der Waals surface area contributed by atoms with Gasteiger partial charge in [0.05, 0.1) is 24.4 Å². The summed E-state index contributed by atoms with van der Waals surface area (Å²) in [7, 11) is 1.98. The van der Waals surface area contributed by atoms with E-state index in [0.29, 0.717) is 23.1 Å². The summed E-state index contributed by atoms with van der Waals surface area (Å²) in [6, 6.07) is 13.0. The highest BCUT2D eigenvalue weighted by Crippen LogP contribution is 2.50. The van der Waals surface area contributed by atoms with Gasteiger partial charge in [0.25, 0.3) is 5.91 Å². The summed E-state index contributed by atoms with van der Waals surface area (Å²) >= 11 is 0. The van der Waals surface area contributed by atoms with Crippen LogP contribution in [-0.4, -0.2) is 76.7 Å². The van der Waals surface area contributed by atoms with Gasteiger partial charge in [-0.3, -0.25) is 9.59 Å². The number of aromatic nitrogens is 1. The van der Waals surface area contributed by atoms with E-state index in [1.807, 2.05) is 71.1 Å². The Bertz CT molecular complexity index is 1220. The molecule has 2 saturated heterocycles. The lowest BCUT2D eigenvalue weighted by Gasteiger charge is -2.51. The zero-order chi connectivity index (χ0) is 28.5. The number of carbonyl (C=O) groups excluding carboxylic acids is 3. The van der Waals surface area contributed by atoms with Crippen molar-refractivity contribution in [3.05, 3.63) is 54.2 Å². The van der Waals surface area contributed by atoms with E-state index in [9.17, 15) is 19.5 Å². The fourth-order valence-electron chi connectivity index (χ4n) is 6.38. The molecule has 0 aliphatic carbocycles. The number of likely N-dealkylation sites (N-methyl/N-ethyl adjacent to an activating group) is 1. The highest BCUT2D eigenvalue weighted by molar-refractivity contribution is 6.65. The normalized spacial score (nSPS) is 28.5. The summed E-state index contributed by atoms with van der Waals surface area (Å²) in [5.41, 5.74) is 1.64. The number of carbonyl (C=O) groups is 3. The van der Waals surface area contributed by atoms with Crippen LogP contribution in [0.15, 0.2) is 48.5 Å². The average molecular weight is 537 g/mol. The molecular weight excluding hydrogens is 497 g/mol. The van der Waals surface area contributed by atoms with E-state index in [1.54, 1.807) is 12.1 Å². The van der Waals surface area contributed by atoms with E-state index in [4.69, 9.17) is 9.31 Å². The van der Waals surface area contributed by atoms with Crippen LogP contribution in [0.3, 0.4) is 0 Å². The molecule has 0 spiro atoms. The molecule has 2 aromatic rings. The second-order valence-electron chi connectivity index (χ2n) is 11.8. The van der Waals surface area contributed by atoms with Gasteiger partial charge in [-0.25, -0.2) is 9.78 Å². The maximum absolute atomic E-state index is 13.7. The Labute approximate surface area is 230 Å². The third-order valence-electron chi connectivity index (χ3n) is 8.76. The number of benzene rings is 1. The van der Waals surface area contributed by atoms with E-state index < -0.39 is 36.6 Å². The molecule has 1 amide bonds. The zero-order valence-corrected chi connectivity index (χ0v) is 23.7. The topological polar surface area (TPSA) is 115 Å². The molecule has 0 saturated carbocycles. The average Bonchev–Trinajstić information content (AvgIpc) is 3.28. The first-order valence-electron chi connectivity index (χ1n) is 13.8. The first-order chi connectivity index (χ1) is 18.4. The van der Waals surface area contributed by atoms with E-state index in [2.05, 4.69) is 10.3 Å². The third-order valence-corrected chi connectivity index (χ3v) is 8.76. The van der Waals surface area contributed by atoms with Gasteiger partial charge in [-0.15, -0.1) is 0 Å². The van der Waals surface area contributed by atoms with Crippen LogP contribution in [0.5, 0.6) is 0 Å². The number of aliphatic hydroxyl groups is 1. The number of fused-ring (bicyclic) bond motifs is 1. The Hall–Kier alpha value is -3.08. The fraction of sp³-hybridized carbons (Fsp3) is 0.517. The van der Waals surface area contributed by atoms with Crippen molar-refractivity contribution < 1.29 is 33.2 Å². The molecule has 39 heavy (non-hydrogen) atoms. The second kappa shape index (κ2) is 11.2. The number of hydrogen-bond donors (Lipinski definition) is 2. The summed E-state index contributed by atoms with van der Waals surface area (Å²) in [6.07, 6.45) is -0.558. The molecule has 7 atom stereocenters. The SMILES string of the molecule is CC(C)C[C@H](CC(=O)[C@@H](NC(=O)c1cccc(-c2ccccc2)n1)[C@@H](C)O)[B-]12OC[C@H](C)[N+]1(C)[C@@H](C)C(=O)O2. The molecule has 3 heterocycles.